The Morgan fingerprint density at radius 2 is 1.70 bits per heavy atom. The zero-order valence-electron chi connectivity index (χ0n) is 20.4. The average molecular weight is 514 g/mol. The molecule has 2 heterocycles. The molecule has 1 aliphatic carbocycles. The molecule has 1 saturated heterocycles. The first kappa shape index (κ1) is 23.8. The molecule has 1 amide bonds. The summed E-state index contributed by atoms with van der Waals surface area (Å²) in [6.45, 7) is 1.40. The van der Waals surface area contributed by atoms with Crippen LogP contribution in [0.25, 0.3) is 11.1 Å². The number of rotatable bonds is 6. The molecule has 4 aromatic rings. The molecule has 0 unspecified atom stereocenters. The zero-order valence-corrected chi connectivity index (χ0v) is 21.2. The van der Waals surface area contributed by atoms with E-state index in [2.05, 4.69) is 22.8 Å². The highest BCUT2D eigenvalue weighted by Crippen LogP contribution is 2.46. The summed E-state index contributed by atoms with van der Waals surface area (Å²) in [6, 6.07) is 19.5. The number of hydrogen-bond acceptors (Lipinski definition) is 5. The fraction of sp³-hybridized carbons (Fsp3) is 0.267. The van der Waals surface area contributed by atoms with Crippen LogP contribution in [0.5, 0.6) is 0 Å². The fourth-order valence-electron chi connectivity index (χ4n) is 5.04. The van der Waals surface area contributed by atoms with Crippen LogP contribution in [-0.2, 0) is 10.2 Å². The van der Waals surface area contributed by atoms with Gasteiger partial charge in [0.25, 0.3) is 5.91 Å². The lowest BCUT2D eigenvalue weighted by atomic mass is 9.74. The first-order valence-corrected chi connectivity index (χ1v) is 13.5. The number of benzene rings is 3. The van der Waals surface area contributed by atoms with Gasteiger partial charge in [0.15, 0.2) is 0 Å². The first-order valence-electron chi connectivity index (χ1n) is 12.6. The number of aromatic nitrogens is 1. The van der Waals surface area contributed by atoms with Crippen molar-refractivity contribution in [2.45, 2.75) is 37.0 Å². The van der Waals surface area contributed by atoms with E-state index in [0.29, 0.717) is 36.1 Å². The molecule has 0 spiro atoms. The number of nitrogens with two attached hydrogens (primary N) is 1. The minimum Gasteiger partial charge on any atom is -0.397 e. The maximum absolute atomic E-state index is 13.3. The Balaban J connectivity index is 1.24. The molecule has 1 saturated carbocycles. The molecule has 3 N–H and O–H groups in total. The molecule has 7 heteroatoms. The third kappa shape index (κ3) is 4.77. The molecule has 3 aromatic carbocycles. The smallest absolute Gasteiger partial charge is 0.255 e. The number of nitrogens with one attached hydrogen (secondary N) is 1. The first-order chi connectivity index (χ1) is 18.0. The quantitative estimate of drug-likeness (QED) is 0.279. The van der Waals surface area contributed by atoms with E-state index >= 15 is 0 Å². The van der Waals surface area contributed by atoms with Crippen LogP contribution in [0.2, 0.25) is 0 Å². The molecule has 2 aliphatic rings. The molecule has 6 rings (SSSR count). The summed E-state index contributed by atoms with van der Waals surface area (Å²) in [5, 5.41) is 6.31. The Hall–Kier alpha value is -3.55. The van der Waals surface area contributed by atoms with E-state index in [4.69, 9.17) is 15.5 Å². The molecular weight excluding hydrogens is 485 g/mol. The van der Waals surface area contributed by atoms with E-state index in [1.165, 1.54) is 36.2 Å². The lowest BCUT2D eigenvalue weighted by Gasteiger charge is -2.36. The Morgan fingerprint density at radius 1 is 1.00 bits per heavy atom. The van der Waals surface area contributed by atoms with Crippen LogP contribution in [0.3, 0.4) is 0 Å². The molecular formula is C30H28FN3O2S. The summed E-state index contributed by atoms with van der Waals surface area (Å²) in [5.41, 5.74) is 11.6. The van der Waals surface area contributed by atoms with Crippen molar-refractivity contribution in [1.29, 1.82) is 0 Å². The van der Waals surface area contributed by atoms with Crippen molar-refractivity contribution in [2.24, 2.45) is 0 Å². The second-order valence-corrected chi connectivity index (χ2v) is 10.7. The maximum Gasteiger partial charge on any atom is 0.255 e. The third-order valence-electron chi connectivity index (χ3n) is 7.45. The molecule has 0 atom stereocenters. The molecule has 37 heavy (non-hydrogen) atoms. The highest BCUT2D eigenvalue weighted by atomic mass is 32.1. The molecule has 5 nitrogen and oxygen atoms in total. The van der Waals surface area contributed by atoms with Gasteiger partial charge in [-0.1, -0.05) is 30.3 Å². The van der Waals surface area contributed by atoms with Crippen LogP contribution in [0.1, 0.15) is 58.2 Å². The van der Waals surface area contributed by atoms with Gasteiger partial charge in [-0.3, -0.25) is 4.79 Å². The van der Waals surface area contributed by atoms with Crippen LogP contribution < -0.4 is 11.1 Å². The van der Waals surface area contributed by atoms with Crippen molar-refractivity contribution in [3.05, 3.63) is 99.8 Å². The van der Waals surface area contributed by atoms with Gasteiger partial charge in [0, 0.05) is 30.1 Å². The highest BCUT2D eigenvalue weighted by molar-refractivity contribution is 7.09. The Kier molecular flexibility index (Phi) is 6.26. The minimum absolute atomic E-state index is 0.182. The summed E-state index contributed by atoms with van der Waals surface area (Å²) in [5.74, 6) is 0.0969. The van der Waals surface area contributed by atoms with E-state index in [1.54, 1.807) is 29.5 Å². The van der Waals surface area contributed by atoms with E-state index in [9.17, 15) is 9.18 Å². The Bertz CT molecular complexity index is 1420. The Morgan fingerprint density at radius 3 is 2.41 bits per heavy atom. The molecule has 0 radical (unpaired) electrons. The topological polar surface area (TPSA) is 77.2 Å². The molecule has 0 bridgehead atoms. The number of amides is 1. The standard InChI is InChI=1S/C30H28FN3O2S/c31-24-10-5-19(6-11-24)22-7-12-25(32)26(17-22)33-28(35)21-3-8-23(9-4-21)30(13-15-36-16-14-30)29-34-27(18-37-29)20-1-2-20/h3-12,17-18,20H,1-2,13-16,32H2,(H,33,35). The van der Waals surface area contributed by atoms with Crippen LogP contribution in [0.15, 0.2) is 72.1 Å². The van der Waals surface area contributed by atoms with Crippen molar-refractivity contribution >= 4 is 28.6 Å². The molecule has 1 aromatic heterocycles. The number of nitrogen functional groups attached to an aromatic ring is 1. The van der Waals surface area contributed by atoms with Crippen LogP contribution in [0, 0.1) is 5.82 Å². The lowest BCUT2D eigenvalue weighted by molar-refractivity contribution is 0.0629. The number of nitrogens with zero attached hydrogens (tertiary/aromatic N) is 1. The van der Waals surface area contributed by atoms with Gasteiger partial charge in [-0.2, -0.15) is 0 Å². The molecule has 2 fully saturated rings. The largest absolute Gasteiger partial charge is 0.397 e. The highest BCUT2D eigenvalue weighted by Gasteiger charge is 2.40. The monoisotopic (exact) mass is 513 g/mol. The van der Waals surface area contributed by atoms with Gasteiger partial charge < -0.3 is 15.8 Å². The third-order valence-corrected chi connectivity index (χ3v) is 8.52. The summed E-state index contributed by atoms with van der Waals surface area (Å²) in [7, 11) is 0. The van der Waals surface area contributed by atoms with Gasteiger partial charge in [-0.15, -0.1) is 11.3 Å². The van der Waals surface area contributed by atoms with Gasteiger partial charge in [0.2, 0.25) is 0 Å². The average Bonchev–Trinajstić information content (AvgIpc) is 3.66. The van der Waals surface area contributed by atoms with Crippen LogP contribution in [0.4, 0.5) is 15.8 Å². The zero-order chi connectivity index (χ0) is 25.4. The van der Waals surface area contributed by atoms with E-state index in [1.807, 2.05) is 24.3 Å². The maximum atomic E-state index is 13.3. The summed E-state index contributed by atoms with van der Waals surface area (Å²) in [4.78, 5) is 18.2. The number of carbonyl (C=O) groups excluding carboxylic acids is 1. The summed E-state index contributed by atoms with van der Waals surface area (Å²) in [6.07, 6.45) is 4.23. The molecule has 1 aliphatic heterocycles. The second-order valence-electron chi connectivity index (χ2n) is 9.89. The van der Waals surface area contributed by atoms with Crippen molar-refractivity contribution in [2.75, 3.05) is 24.3 Å². The van der Waals surface area contributed by atoms with Crippen molar-refractivity contribution in [3.63, 3.8) is 0 Å². The van der Waals surface area contributed by atoms with Crippen molar-refractivity contribution in [1.82, 2.24) is 4.98 Å². The number of halogens is 1. The number of hydrogen-bond donors (Lipinski definition) is 2. The number of anilines is 2. The van der Waals surface area contributed by atoms with Gasteiger partial charge in [0.1, 0.15) is 10.8 Å². The van der Waals surface area contributed by atoms with Gasteiger partial charge in [0.05, 0.1) is 22.5 Å². The van der Waals surface area contributed by atoms with Crippen LogP contribution >= 0.6 is 11.3 Å². The lowest BCUT2D eigenvalue weighted by Crippen LogP contribution is -2.35. The second kappa shape index (κ2) is 9.72. The number of carbonyl (C=O) groups is 1. The normalized spacial score (nSPS) is 16.9. The SMILES string of the molecule is Nc1ccc(-c2ccc(F)cc2)cc1NC(=O)c1ccc(C2(c3nc(C4CC4)cs3)CCOCC2)cc1. The van der Waals surface area contributed by atoms with E-state index in [0.717, 1.165) is 29.0 Å². The van der Waals surface area contributed by atoms with Crippen molar-refractivity contribution < 1.29 is 13.9 Å². The van der Waals surface area contributed by atoms with E-state index < -0.39 is 0 Å². The van der Waals surface area contributed by atoms with Crippen LogP contribution in [-0.4, -0.2) is 24.1 Å². The predicted octanol–water partition coefficient (Wildman–Crippen LogP) is 6.76. The van der Waals surface area contributed by atoms with Gasteiger partial charge >= 0.3 is 0 Å². The number of ether oxygens (including phenoxy) is 1. The predicted molar refractivity (Wildman–Crippen MR) is 146 cm³/mol. The van der Waals surface area contributed by atoms with Gasteiger partial charge in [-0.05, 0) is 78.8 Å². The summed E-state index contributed by atoms with van der Waals surface area (Å²) < 4.78 is 19.0. The Labute approximate surface area is 219 Å². The van der Waals surface area contributed by atoms with Gasteiger partial charge in [-0.25, -0.2) is 9.37 Å². The minimum atomic E-state index is -0.295. The summed E-state index contributed by atoms with van der Waals surface area (Å²) >= 11 is 1.75. The number of thiazole rings is 1. The fourth-order valence-corrected chi connectivity index (χ4v) is 6.22. The van der Waals surface area contributed by atoms with E-state index in [-0.39, 0.29) is 17.1 Å². The molecule has 188 valence electrons. The van der Waals surface area contributed by atoms with Crippen molar-refractivity contribution in [3.8, 4) is 11.1 Å².